The van der Waals surface area contributed by atoms with Crippen LogP contribution in [0, 0.1) is 0 Å². The van der Waals surface area contributed by atoms with Gasteiger partial charge in [0.1, 0.15) is 5.75 Å². The first kappa shape index (κ1) is 14.7. The van der Waals surface area contributed by atoms with E-state index in [1.54, 1.807) is 0 Å². The highest BCUT2D eigenvalue weighted by molar-refractivity contribution is 7.89. The fourth-order valence-corrected chi connectivity index (χ4v) is 3.23. The number of benzene rings is 1. The van der Waals surface area contributed by atoms with E-state index < -0.39 is 11.4 Å². The lowest BCUT2D eigenvalue weighted by molar-refractivity contribution is 0.155. The highest BCUT2D eigenvalue weighted by atomic mass is 32.2. The molecular weight excluding hydrogens is 258 g/mol. The van der Waals surface area contributed by atoms with Gasteiger partial charge in [-0.15, -0.1) is 4.72 Å². The SMILES string of the molecule is CCCN[S+]([O-])c1ccc(OC2CCCCC2)cc1. The Morgan fingerprint density at radius 3 is 2.53 bits per heavy atom. The summed E-state index contributed by atoms with van der Waals surface area (Å²) in [5.74, 6) is 0.892. The molecule has 1 aliphatic rings. The number of hydrogen-bond acceptors (Lipinski definition) is 3. The average molecular weight is 281 g/mol. The smallest absolute Gasteiger partial charge is 0.174 e. The average Bonchev–Trinajstić information content (AvgIpc) is 2.46. The molecule has 0 heterocycles. The van der Waals surface area contributed by atoms with E-state index in [0.29, 0.717) is 6.10 Å². The van der Waals surface area contributed by atoms with Gasteiger partial charge in [0.2, 0.25) is 0 Å². The summed E-state index contributed by atoms with van der Waals surface area (Å²) >= 11 is -1.10. The molecular formula is C15H23NO2S. The minimum Gasteiger partial charge on any atom is -0.593 e. The van der Waals surface area contributed by atoms with Gasteiger partial charge in [-0.1, -0.05) is 13.3 Å². The van der Waals surface area contributed by atoms with Crippen LogP contribution in [0.1, 0.15) is 45.4 Å². The van der Waals surface area contributed by atoms with E-state index in [4.69, 9.17) is 4.74 Å². The van der Waals surface area contributed by atoms with E-state index >= 15 is 0 Å². The minimum absolute atomic E-state index is 0.364. The van der Waals surface area contributed by atoms with Crippen molar-refractivity contribution in [3.05, 3.63) is 24.3 Å². The minimum atomic E-state index is -1.10. The standard InChI is InChI=1S/C15H23NO2S/c1-2-12-16-19(17)15-10-8-14(9-11-15)18-13-6-4-3-5-7-13/h8-11,13,16H,2-7,12H2,1H3. The number of hydrogen-bond donors (Lipinski definition) is 1. The van der Waals surface area contributed by atoms with Crippen LogP contribution in [0.5, 0.6) is 5.75 Å². The maximum atomic E-state index is 11.9. The third kappa shape index (κ3) is 4.71. The Labute approximate surface area is 119 Å². The largest absolute Gasteiger partial charge is 0.593 e. The maximum Gasteiger partial charge on any atom is 0.174 e. The van der Waals surface area contributed by atoms with E-state index in [2.05, 4.69) is 11.6 Å². The Balaban J connectivity index is 1.86. The van der Waals surface area contributed by atoms with Gasteiger partial charge < -0.3 is 9.29 Å². The third-order valence-electron chi connectivity index (χ3n) is 3.38. The number of nitrogens with one attached hydrogen (secondary N) is 1. The Morgan fingerprint density at radius 2 is 1.89 bits per heavy atom. The summed E-state index contributed by atoms with van der Waals surface area (Å²) in [5, 5.41) is 0. The van der Waals surface area contributed by atoms with Crippen molar-refractivity contribution in [2.75, 3.05) is 6.54 Å². The van der Waals surface area contributed by atoms with Crippen LogP contribution < -0.4 is 9.46 Å². The zero-order valence-corrected chi connectivity index (χ0v) is 12.4. The van der Waals surface area contributed by atoms with Gasteiger partial charge in [0.15, 0.2) is 4.90 Å². The van der Waals surface area contributed by atoms with Crippen molar-refractivity contribution in [3.8, 4) is 5.75 Å². The van der Waals surface area contributed by atoms with Crippen LogP contribution in [0.25, 0.3) is 0 Å². The predicted molar refractivity (Wildman–Crippen MR) is 78.6 cm³/mol. The highest BCUT2D eigenvalue weighted by Crippen LogP contribution is 2.24. The molecule has 0 aliphatic heterocycles. The molecule has 0 saturated heterocycles. The maximum absolute atomic E-state index is 11.9. The molecule has 0 amide bonds. The van der Waals surface area contributed by atoms with Crippen LogP contribution in [0.15, 0.2) is 29.2 Å². The molecule has 2 rings (SSSR count). The predicted octanol–water partition coefficient (Wildman–Crippen LogP) is 3.42. The lowest BCUT2D eigenvalue weighted by Crippen LogP contribution is -2.24. The Morgan fingerprint density at radius 1 is 1.21 bits per heavy atom. The quantitative estimate of drug-likeness (QED) is 0.813. The molecule has 1 saturated carbocycles. The first-order valence-corrected chi connectivity index (χ1v) is 8.36. The molecule has 4 heteroatoms. The molecule has 3 nitrogen and oxygen atoms in total. The number of ether oxygens (including phenoxy) is 1. The van der Waals surface area contributed by atoms with Crippen molar-refractivity contribution in [2.24, 2.45) is 0 Å². The van der Waals surface area contributed by atoms with E-state index in [0.717, 1.165) is 36.5 Å². The van der Waals surface area contributed by atoms with Crippen molar-refractivity contribution >= 4 is 11.4 Å². The summed E-state index contributed by atoms with van der Waals surface area (Å²) < 4.78 is 20.8. The van der Waals surface area contributed by atoms with Crippen LogP contribution in [-0.2, 0) is 11.4 Å². The molecule has 1 fully saturated rings. The van der Waals surface area contributed by atoms with Gasteiger partial charge in [-0.2, -0.15) is 0 Å². The Bertz CT molecular complexity index is 363. The van der Waals surface area contributed by atoms with Crippen LogP contribution in [-0.4, -0.2) is 17.2 Å². The van der Waals surface area contributed by atoms with Gasteiger partial charge in [0.05, 0.1) is 17.5 Å². The molecule has 106 valence electrons. The molecule has 1 aliphatic carbocycles. The van der Waals surface area contributed by atoms with Crippen molar-refractivity contribution in [1.82, 2.24) is 4.72 Å². The van der Waals surface area contributed by atoms with Gasteiger partial charge in [-0.3, -0.25) is 0 Å². The van der Waals surface area contributed by atoms with Crippen LogP contribution >= 0.6 is 0 Å². The first-order valence-electron chi connectivity index (χ1n) is 7.21. The lowest BCUT2D eigenvalue weighted by atomic mass is 9.98. The summed E-state index contributed by atoms with van der Waals surface area (Å²) in [4.78, 5) is 0.810. The molecule has 0 aromatic heterocycles. The van der Waals surface area contributed by atoms with E-state index in [1.807, 2.05) is 24.3 Å². The Hall–Kier alpha value is -0.710. The molecule has 19 heavy (non-hydrogen) atoms. The van der Waals surface area contributed by atoms with Gasteiger partial charge in [-0.25, -0.2) is 0 Å². The monoisotopic (exact) mass is 281 g/mol. The molecule has 1 atom stereocenters. The van der Waals surface area contributed by atoms with Gasteiger partial charge >= 0.3 is 0 Å². The molecule has 0 bridgehead atoms. The summed E-state index contributed by atoms with van der Waals surface area (Å²) in [5.41, 5.74) is 0. The van der Waals surface area contributed by atoms with Crippen molar-refractivity contribution < 1.29 is 9.29 Å². The normalized spacial score (nSPS) is 18.2. The van der Waals surface area contributed by atoms with E-state index in [1.165, 1.54) is 19.3 Å². The summed E-state index contributed by atoms with van der Waals surface area (Å²) in [6, 6.07) is 7.62. The topological polar surface area (TPSA) is 44.3 Å². The molecule has 1 aromatic rings. The van der Waals surface area contributed by atoms with Crippen molar-refractivity contribution in [1.29, 1.82) is 0 Å². The molecule has 1 N–H and O–H groups in total. The first-order chi connectivity index (χ1) is 9.29. The van der Waals surface area contributed by atoms with E-state index in [-0.39, 0.29) is 0 Å². The van der Waals surface area contributed by atoms with E-state index in [9.17, 15) is 4.55 Å². The Kier molecular flexibility index (Phi) is 6.01. The van der Waals surface area contributed by atoms with Gasteiger partial charge in [0.25, 0.3) is 0 Å². The second-order valence-corrected chi connectivity index (χ2v) is 6.31. The molecule has 1 unspecified atom stereocenters. The van der Waals surface area contributed by atoms with Crippen LogP contribution in [0.2, 0.25) is 0 Å². The second kappa shape index (κ2) is 7.78. The lowest BCUT2D eigenvalue weighted by Gasteiger charge is -2.23. The van der Waals surface area contributed by atoms with Crippen molar-refractivity contribution in [3.63, 3.8) is 0 Å². The summed E-state index contributed by atoms with van der Waals surface area (Å²) in [7, 11) is 0. The molecule has 0 radical (unpaired) electrons. The van der Waals surface area contributed by atoms with Crippen molar-refractivity contribution in [2.45, 2.75) is 56.4 Å². The number of rotatable bonds is 6. The summed E-state index contributed by atoms with van der Waals surface area (Å²) in [6.45, 7) is 2.83. The zero-order valence-electron chi connectivity index (χ0n) is 11.6. The van der Waals surface area contributed by atoms with Gasteiger partial charge in [-0.05, 0) is 56.4 Å². The zero-order chi connectivity index (χ0) is 13.5. The highest BCUT2D eigenvalue weighted by Gasteiger charge is 2.15. The second-order valence-electron chi connectivity index (χ2n) is 5.01. The molecule has 1 aromatic carbocycles. The summed E-state index contributed by atoms with van der Waals surface area (Å²) in [6.07, 6.45) is 7.54. The molecule has 0 spiro atoms. The van der Waals surface area contributed by atoms with Gasteiger partial charge in [0, 0.05) is 6.54 Å². The fraction of sp³-hybridized carbons (Fsp3) is 0.600. The van der Waals surface area contributed by atoms with Crippen LogP contribution in [0.4, 0.5) is 0 Å². The fourth-order valence-electron chi connectivity index (χ4n) is 2.30. The van der Waals surface area contributed by atoms with Crippen LogP contribution in [0.3, 0.4) is 0 Å². The third-order valence-corrected chi connectivity index (χ3v) is 4.54.